The molecule has 0 bridgehead atoms. The highest BCUT2D eigenvalue weighted by molar-refractivity contribution is 5.93. The largest absolute Gasteiger partial charge is 0.497 e. The van der Waals surface area contributed by atoms with Gasteiger partial charge in [0.2, 0.25) is 0 Å². The predicted octanol–water partition coefficient (Wildman–Crippen LogP) is 1.62. The zero-order valence-electron chi connectivity index (χ0n) is 12.7. The molecule has 1 amide bonds. The number of nitrogens with zero attached hydrogens (tertiary/aromatic N) is 2. The van der Waals surface area contributed by atoms with Crippen molar-refractivity contribution in [1.29, 1.82) is 0 Å². The summed E-state index contributed by atoms with van der Waals surface area (Å²) in [5, 5.41) is 12.2. The topological polar surface area (TPSA) is 75.9 Å². The van der Waals surface area contributed by atoms with Crippen molar-refractivity contribution < 1.29 is 14.6 Å². The number of ether oxygens (including phenoxy) is 1. The van der Waals surface area contributed by atoms with Crippen LogP contribution in [0.15, 0.2) is 24.5 Å². The second-order valence-electron chi connectivity index (χ2n) is 5.81. The Kier molecular flexibility index (Phi) is 4.29. The minimum Gasteiger partial charge on any atom is -0.497 e. The number of carbonyl (C=O) groups is 1. The Morgan fingerprint density at radius 2 is 2.23 bits per heavy atom. The quantitative estimate of drug-likeness (QED) is 0.900. The van der Waals surface area contributed by atoms with Crippen molar-refractivity contribution in [2.75, 3.05) is 13.7 Å². The number of hydrogen-bond acceptors (Lipinski definition) is 4. The zero-order chi connectivity index (χ0) is 15.5. The molecule has 2 aromatic heterocycles. The Morgan fingerprint density at radius 3 is 2.91 bits per heavy atom. The molecule has 0 radical (unpaired) electrons. The number of methoxy groups -OCH3 is 1. The Labute approximate surface area is 129 Å². The minimum absolute atomic E-state index is 0.106. The van der Waals surface area contributed by atoms with Crippen LogP contribution in [-0.4, -0.2) is 40.2 Å². The van der Waals surface area contributed by atoms with Crippen LogP contribution in [0.2, 0.25) is 0 Å². The van der Waals surface area contributed by atoms with E-state index in [4.69, 9.17) is 9.84 Å². The molecule has 118 valence electrons. The first-order valence-electron chi connectivity index (χ1n) is 7.64. The average Bonchev–Trinajstić information content (AvgIpc) is 2.98. The van der Waals surface area contributed by atoms with Gasteiger partial charge in [0.15, 0.2) is 0 Å². The number of amides is 1. The summed E-state index contributed by atoms with van der Waals surface area (Å²) < 4.78 is 6.92. The van der Waals surface area contributed by atoms with Crippen LogP contribution >= 0.6 is 0 Å². The first-order chi connectivity index (χ1) is 10.7. The Morgan fingerprint density at radius 1 is 1.45 bits per heavy atom. The van der Waals surface area contributed by atoms with Gasteiger partial charge in [-0.15, -0.1) is 0 Å². The maximum atomic E-state index is 12.4. The lowest BCUT2D eigenvalue weighted by Crippen LogP contribution is -2.38. The molecule has 0 aliphatic heterocycles. The number of pyridine rings is 1. The van der Waals surface area contributed by atoms with Crippen LogP contribution in [-0.2, 0) is 0 Å². The molecule has 6 nitrogen and oxygen atoms in total. The van der Waals surface area contributed by atoms with Crippen molar-refractivity contribution in [2.24, 2.45) is 5.92 Å². The fourth-order valence-corrected chi connectivity index (χ4v) is 3.01. The lowest BCUT2D eigenvalue weighted by atomic mass is 9.86. The molecule has 3 rings (SSSR count). The fraction of sp³-hybridized carbons (Fsp3) is 0.500. The number of aliphatic hydroxyl groups excluding tert-OH is 1. The monoisotopic (exact) mass is 303 g/mol. The first kappa shape index (κ1) is 14.8. The third-order valence-corrected chi connectivity index (χ3v) is 4.39. The molecule has 1 aliphatic carbocycles. The van der Waals surface area contributed by atoms with E-state index in [1.807, 2.05) is 0 Å². The molecule has 2 heterocycles. The van der Waals surface area contributed by atoms with E-state index in [-0.39, 0.29) is 18.6 Å². The van der Waals surface area contributed by atoms with Gasteiger partial charge >= 0.3 is 0 Å². The highest BCUT2D eigenvalue weighted by Gasteiger charge is 2.23. The van der Waals surface area contributed by atoms with Crippen LogP contribution < -0.4 is 10.1 Å². The van der Waals surface area contributed by atoms with Crippen molar-refractivity contribution in [3.8, 4) is 5.75 Å². The molecule has 0 aromatic carbocycles. The number of aliphatic hydroxyl groups is 1. The number of imidazole rings is 1. The number of aromatic nitrogens is 2. The zero-order valence-corrected chi connectivity index (χ0v) is 12.7. The Hall–Kier alpha value is -2.08. The van der Waals surface area contributed by atoms with Gasteiger partial charge in [0.05, 0.1) is 13.3 Å². The van der Waals surface area contributed by atoms with Crippen LogP contribution in [0.4, 0.5) is 0 Å². The number of fused-ring (bicyclic) bond motifs is 1. The number of rotatable bonds is 4. The summed E-state index contributed by atoms with van der Waals surface area (Å²) >= 11 is 0. The van der Waals surface area contributed by atoms with Crippen molar-refractivity contribution in [3.05, 3.63) is 30.2 Å². The van der Waals surface area contributed by atoms with Crippen molar-refractivity contribution in [3.63, 3.8) is 0 Å². The van der Waals surface area contributed by atoms with E-state index in [9.17, 15) is 4.79 Å². The molecular formula is C16H21N3O3. The average molecular weight is 303 g/mol. The summed E-state index contributed by atoms with van der Waals surface area (Å²) in [4.78, 5) is 16.7. The lowest BCUT2D eigenvalue weighted by Gasteiger charge is -2.27. The maximum Gasteiger partial charge on any atom is 0.270 e. The molecule has 0 saturated heterocycles. The van der Waals surface area contributed by atoms with Crippen molar-refractivity contribution in [2.45, 2.75) is 31.7 Å². The van der Waals surface area contributed by atoms with Gasteiger partial charge in [-0.25, -0.2) is 4.98 Å². The lowest BCUT2D eigenvalue weighted by molar-refractivity contribution is 0.0908. The SMILES string of the molecule is COc1ccn2c(C(=O)NC3CCC(CO)CC3)cnc2c1. The molecule has 1 fully saturated rings. The molecule has 0 unspecified atom stereocenters. The minimum atomic E-state index is -0.106. The number of nitrogens with one attached hydrogen (secondary N) is 1. The highest BCUT2D eigenvalue weighted by Crippen LogP contribution is 2.24. The molecule has 6 heteroatoms. The molecule has 0 spiro atoms. The summed E-state index contributed by atoms with van der Waals surface area (Å²) in [6, 6.07) is 3.78. The van der Waals surface area contributed by atoms with Crippen molar-refractivity contribution in [1.82, 2.24) is 14.7 Å². The van der Waals surface area contributed by atoms with E-state index in [1.54, 1.807) is 36.0 Å². The molecule has 2 N–H and O–H groups in total. The molecule has 1 aliphatic rings. The Bertz CT molecular complexity index is 660. The van der Waals surface area contributed by atoms with Gasteiger partial charge in [0.25, 0.3) is 5.91 Å². The first-order valence-corrected chi connectivity index (χ1v) is 7.64. The van der Waals surface area contributed by atoms with Crippen LogP contribution in [0.1, 0.15) is 36.2 Å². The summed E-state index contributed by atoms with van der Waals surface area (Å²) in [7, 11) is 1.60. The molecule has 0 atom stereocenters. The van der Waals surface area contributed by atoms with Gasteiger partial charge in [0.1, 0.15) is 17.1 Å². The number of hydrogen-bond donors (Lipinski definition) is 2. The van der Waals surface area contributed by atoms with Gasteiger partial charge in [0, 0.05) is 24.9 Å². The second-order valence-corrected chi connectivity index (χ2v) is 5.81. The van der Waals surface area contributed by atoms with Crippen LogP contribution in [0.3, 0.4) is 0 Å². The third-order valence-electron chi connectivity index (χ3n) is 4.39. The van der Waals surface area contributed by atoms with E-state index in [0.29, 0.717) is 23.0 Å². The summed E-state index contributed by atoms with van der Waals surface area (Å²) in [6.07, 6.45) is 7.14. The van der Waals surface area contributed by atoms with Crippen LogP contribution in [0, 0.1) is 5.92 Å². The standard InChI is InChI=1S/C16H21N3O3/c1-22-13-6-7-19-14(9-17-15(19)8-13)16(21)18-12-4-2-11(10-20)3-5-12/h6-9,11-12,20H,2-5,10H2,1H3,(H,18,21). The number of carbonyl (C=O) groups excluding carboxylic acids is 1. The smallest absolute Gasteiger partial charge is 0.270 e. The van der Waals surface area contributed by atoms with E-state index < -0.39 is 0 Å². The van der Waals surface area contributed by atoms with Gasteiger partial charge in [-0.05, 0) is 37.7 Å². The molecule has 1 saturated carbocycles. The van der Waals surface area contributed by atoms with E-state index in [0.717, 1.165) is 25.7 Å². The van der Waals surface area contributed by atoms with Crippen molar-refractivity contribution >= 4 is 11.6 Å². The molecule has 2 aromatic rings. The van der Waals surface area contributed by atoms with E-state index in [2.05, 4.69) is 10.3 Å². The highest BCUT2D eigenvalue weighted by atomic mass is 16.5. The summed E-state index contributed by atoms with van der Waals surface area (Å²) in [5.74, 6) is 0.994. The molecular weight excluding hydrogens is 282 g/mol. The summed E-state index contributed by atoms with van der Waals surface area (Å²) in [6.45, 7) is 0.246. The fourth-order valence-electron chi connectivity index (χ4n) is 3.01. The summed E-state index contributed by atoms with van der Waals surface area (Å²) in [5.41, 5.74) is 1.22. The second kappa shape index (κ2) is 6.36. The van der Waals surface area contributed by atoms with E-state index >= 15 is 0 Å². The van der Waals surface area contributed by atoms with E-state index in [1.165, 1.54) is 0 Å². The predicted molar refractivity (Wildman–Crippen MR) is 82.0 cm³/mol. The van der Waals surface area contributed by atoms with Gasteiger partial charge < -0.3 is 15.2 Å². The van der Waals surface area contributed by atoms with Gasteiger partial charge in [-0.2, -0.15) is 0 Å². The third kappa shape index (κ3) is 2.92. The maximum absolute atomic E-state index is 12.4. The Balaban J connectivity index is 1.70. The van der Waals surface area contributed by atoms with Crippen LogP contribution in [0.25, 0.3) is 5.65 Å². The van der Waals surface area contributed by atoms with Crippen LogP contribution in [0.5, 0.6) is 5.75 Å². The normalized spacial score (nSPS) is 21.7. The molecule has 22 heavy (non-hydrogen) atoms. The van der Waals surface area contributed by atoms with Gasteiger partial charge in [-0.3, -0.25) is 9.20 Å². The van der Waals surface area contributed by atoms with Gasteiger partial charge in [-0.1, -0.05) is 0 Å².